The van der Waals surface area contributed by atoms with Crippen molar-refractivity contribution in [3.8, 4) is 5.75 Å². The number of halogens is 2. The SMILES string of the molecule is COc1ccc(CN(C)C(=O)COC(=O)c2ccc(Cl)c(S(=O)(=O)N(C)C)c2)cc1F. The van der Waals surface area contributed by atoms with Gasteiger partial charge in [-0.2, -0.15) is 0 Å². The minimum atomic E-state index is -3.87. The molecule has 0 aliphatic rings. The van der Waals surface area contributed by atoms with Gasteiger partial charge in [-0.3, -0.25) is 4.79 Å². The highest BCUT2D eigenvalue weighted by Crippen LogP contribution is 2.25. The molecule has 11 heteroatoms. The molecule has 0 saturated carbocycles. The fourth-order valence-electron chi connectivity index (χ4n) is 2.52. The standard InChI is InChI=1S/C20H22ClFN2O6S/c1-23(2)31(27,28)18-10-14(6-7-15(18)21)20(26)30-12-19(25)24(3)11-13-5-8-17(29-4)16(22)9-13/h5-10H,11-12H2,1-4H3. The van der Waals surface area contributed by atoms with Crippen LogP contribution in [0.2, 0.25) is 5.02 Å². The van der Waals surface area contributed by atoms with Crippen molar-refractivity contribution in [1.29, 1.82) is 0 Å². The molecular weight excluding hydrogens is 451 g/mol. The molecule has 0 spiro atoms. The second-order valence-corrected chi connectivity index (χ2v) is 9.25. The van der Waals surface area contributed by atoms with E-state index in [0.717, 1.165) is 10.4 Å². The average Bonchev–Trinajstić information content (AvgIpc) is 2.71. The van der Waals surface area contributed by atoms with Crippen LogP contribution in [-0.4, -0.2) is 64.4 Å². The molecule has 0 aliphatic carbocycles. The Morgan fingerprint density at radius 1 is 1.10 bits per heavy atom. The Hall–Kier alpha value is -2.69. The van der Waals surface area contributed by atoms with Crippen molar-refractivity contribution >= 4 is 33.5 Å². The number of methoxy groups -OCH3 is 1. The molecule has 0 fully saturated rings. The van der Waals surface area contributed by atoms with Crippen molar-refractivity contribution in [3.05, 3.63) is 58.4 Å². The van der Waals surface area contributed by atoms with E-state index < -0.39 is 34.3 Å². The third-order valence-corrected chi connectivity index (χ3v) is 6.61. The van der Waals surface area contributed by atoms with E-state index in [4.69, 9.17) is 21.1 Å². The van der Waals surface area contributed by atoms with Crippen molar-refractivity contribution in [2.24, 2.45) is 0 Å². The quantitative estimate of drug-likeness (QED) is 0.548. The summed E-state index contributed by atoms with van der Waals surface area (Å²) in [5.41, 5.74) is 0.453. The van der Waals surface area contributed by atoms with E-state index in [-0.39, 0.29) is 27.8 Å². The van der Waals surface area contributed by atoms with Gasteiger partial charge in [-0.1, -0.05) is 17.7 Å². The molecule has 0 atom stereocenters. The topological polar surface area (TPSA) is 93.2 Å². The molecule has 0 N–H and O–H groups in total. The summed E-state index contributed by atoms with van der Waals surface area (Å²) in [6.07, 6.45) is 0. The average molecular weight is 473 g/mol. The van der Waals surface area contributed by atoms with Crippen molar-refractivity contribution in [3.63, 3.8) is 0 Å². The number of hydrogen-bond donors (Lipinski definition) is 0. The number of likely N-dealkylation sites (N-methyl/N-ethyl adjacent to an activating group) is 1. The summed E-state index contributed by atoms with van der Waals surface area (Å²) in [7, 11) is 1.62. The Morgan fingerprint density at radius 2 is 1.77 bits per heavy atom. The lowest BCUT2D eigenvalue weighted by molar-refractivity contribution is -0.133. The van der Waals surface area contributed by atoms with E-state index in [0.29, 0.717) is 5.56 Å². The first kappa shape index (κ1) is 24.6. The number of carbonyl (C=O) groups is 2. The molecule has 2 aromatic rings. The summed E-state index contributed by atoms with van der Waals surface area (Å²) in [6.45, 7) is -0.490. The van der Waals surface area contributed by atoms with Crippen LogP contribution in [0.5, 0.6) is 5.75 Å². The second-order valence-electron chi connectivity index (χ2n) is 6.73. The van der Waals surface area contributed by atoms with Crippen LogP contribution in [0.3, 0.4) is 0 Å². The number of rotatable bonds is 8. The number of benzene rings is 2. The molecule has 0 radical (unpaired) electrons. The normalized spacial score (nSPS) is 11.3. The predicted molar refractivity (Wildman–Crippen MR) is 112 cm³/mol. The second kappa shape index (κ2) is 10.1. The van der Waals surface area contributed by atoms with E-state index in [1.807, 2.05) is 0 Å². The fourth-order valence-corrected chi connectivity index (χ4v) is 3.91. The lowest BCUT2D eigenvalue weighted by atomic mass is 10.2. The summed E-state index contributed by atoms with van der Waals surface area (Å²) in [5.74, 6) is -1.88. The smallest absolute Gasteiger partial charge is 0.338 e. The zero-order valence-corrected chi connectivity index (χ0v) is 19.0. The number of esters is 1. The van der Waals surface area contributed by atoms with Gasteiger partial charge in [0.2, 0.25) is 10.0 Å². The Bertz CT molecular complexity index is 1090. The van der Waals surface area contributed by atoms with Gasteiger partial charge in [0.15, 0.2) is 18.2 Å². The monoisotopic (exact) mass is 472 g/mol. The molecule has 0 saturated heterocycles. The number of sulfonamides is 1. The third kappa shape index (κ3) is 5.93. The fraction of sp³-hybridized carbons (Fsp3) is 0.300. The maximum Gasteiger partial charge on any atom is 0.338 e. The summed E-state index contributed by atoms with van der Waals surface area (Å²) < 4.78 is 49.2. The van der Waals surface area contributed by atoms with Crippen LogP contribution < -0.4 is 4.74 Å². The summed E-state index contributed by atoms with van der Waals surface area (Å²) in [4.78, 5) is 25.6. The van der Waals surface area contributed by atoms with Crippen LogP contribution >= 0.6 is 11.6 Å². The Morgan fingerprint density at radius 3 is 2.35 bits per heavy atom. The van der Waals surface area contributed by atoms with E-state index in [1.165, 1.54) is 57.4 Å². The van der Waals surface area contributed by atoms with Gasteiger partial charge in [-0.05, 0) is 35.9 Å². The van der Waals surface area contributed by atoms with Crippen LogP contribution in [0.25, 0.3) is 0 Å². The van der Waals surface area contributed by atoms with E-state index >= 15 is 0 Å². The molecule has 0 aromatic heterocycles. The molecule has 0 unspecified atom stereocenters. The number of carbonyl (C=O) groups excluding carboxylic acids is 2. The third-order valence-electron chi connectivity index (χ3n) is 4.31. The van der Waals surface area contributed by atoms with Gasteiger partial charge in [0.25, 0.3) is 5.91 Å². The molecule has 168 valence electrons. The van der Waals surface area contributed by atoms with Crippen LogP contribution in [0.1, 0.15) is 15.9 Å². The van der Waals surface area contributed by atoms with Gasteiger partial charge < -0.3 is 14.4 Å². The van der Waals surface area contributed by atoms with Gasteiger partial charge >= 0.3 is 5.97 Å². The number of amides is 1. The first-order valence-corrected chi connectivity index (χ1v) is 10.7. The maximum absolute atomic E-state index is 13.8. The first-order valence-electron chi connectivity index (χ1n) is 8.93. The van der Waals surface area contributed by atoms with Crippen LogP contribution in [-0.2, 0) is 26.1 Å². The van der Waals surface area contributed by atoms with Gasteiger partial charge in [-0.15, -0.1) is 0 Å². The van der Waals surface area contributed by atoms with Crippen molar-refractivity contribution in [1.82, 2.24) is 9.21 Å². The van der Waals surface area contributed by atoms with Crippen molar-refractivity contribution in [2.75, 3.05) is 34.9 Å². The molecule has 1 amide bonds. The summed E-state index contributed by atoms with van der Waals surface area (Å²) in [6, 6.07) is 7.96. The van der Waals surface area contributed by atoms with Gasteiger partial charge in [-0.25, -0.2) is 21.9 Å². The predicted octanol–water partition coefficient (Wildman–Crippen LogP) is 2.55. The minimum Gasteiger partial charge on any atom is -0.494 e. The molecule has 31 heavy (non-hydrogen) atoms. The highest BCUT2D eigenvalue weighted by Gasteiger charge is 2.23. The lowest BCUT2D eigenvalue weighted by Crippen LogP contribution is -2.31. The first-order chi connectivity index (χ1) is 14.5. The van der Waals surface area contributed by atoms with Gasteiger partial charge in [0, 0.05) is 27.7 Å². The number of nitrogens with zero attached hydrogens (tertiary/aromatic N) is 2. The molecular formula is C20H22ClFN2O6S. The highest BCUT2D eigenvalue weighted by atomic mass is 35.5. The van der Waals surface area contributed by atoms with Crippen molar-refractivity contribution < 1.29 is 31.9 Å². The number of ether oxygens (including phenoxy) is 2. The Kier molecular flexibility index (Phi) is 7.99. The van der Waals surface area contributed by atoms with Gasteiger partial charge in [0.05, 0.1) is 17.7 Å². The van der Waals surface area contributed by atoms with Crippen LogP contribution in [0, 0.1) is 5.82 Å². The number of hydrogen-bond acceptors (Lipinski definition) is 6. The summed E-state index contributed by atoms with van der Waals surface area (Å²) >= 11 is 5.95. The maximum atomic E-state index is 13.8. The Balaban J connectivity index is 2.03. The van der Waals surface area contributed by atoms with E-state index in [9.17, 15) is 22.4 Å². The lowest BCUT2D eigenvalue weighted by Gasteiger charge is -2.18. The molecule has 0 aliphatic heterocycles. The summed E-state index contributed by atoms with van der Waals surface area (Å²) in [5, 5.41) is -0.0483. The highest BCUT2D eigenvalue weighted by molar-refractivity contribution is 7.89. The van der Waals surface area contributed by atoms with Crippen LogP contribution in [0.15, 0.2) is 41.3 Å². The van der Waals surface area contributed by atoms with Gasteiger partial charge in [0.1, 0.15) is 4.90 Å². The Labute approximate surface area is 185 Å². The molecule has 2 rings (SSSR count). The zero-order chi connectivity index (χ0) is 23.3. The molecule has 0 heterocycles. The van der Waals surface area contributed by atoms with Crippen molar-refractivity contribution in [2.45, 2.75) is 11.4 Å². The van der Waals surface area contributed by atoms with E-state index in [2.05, 4.69) is 0 Å². The largest absolute Gasteiger partial charge is 0.494 e. The van der Waals surface area contributed by atoms with Crippen LogP contribution in [0.4, 0.5) is 4.39 Å². The minimum absolute atomic E-state index is 0.0483. The molecule has 2 aromatic carbocycles. The zero-order valence-electron chi connectivity index (χ0n) is 17.4. The molecule has 0 bridgehead atoms. The van der Waals surface area contributed by atoms with E-state index in [1.54, 1.807) is 6.07 Å². The molecule has 8 nitrogen and oxygen atoms in total.